The summed E-state index contributed by atoms with van der Waals surface area (Å²) in [6.07, 6.45) is 3.21. The Kier molecular flexibility index (Phi) is 8.31. The Balaban J connectivity index is 1.64. The molecule has 1 unspecified atom stereocenters. The lowest BCUT2D eigenvalue weighted by atomic mass is 10.1. The summed E-state index contributed by atoms with van der Waals surface area (Å²) in [4.78, 5) is 12.4. The Hall–Kier alpha value is -1.44. The molecular formula is C21H32NO7P. The zero-order chi connectivity index (χ0) is 21.6. The minimum Gasteiger partial charge on any atom is -0.462 e. The highest BCUT2D eigenvalue weighted by Gasteiger charge is 2.34. The molecular weight excluding hydrogens is 409 g/mol. The highest BCUT2D eigenvalue weighted by atomic mass is 31.2. The van der Waals surface area contributed by atoms with Crippen molar-refractivity contribution in [1.82, 2.24) is 5.09 Å². The third-order valence-corrected chi connectivity index (χ3v) is 6.59. The van der Waals surface area contributed by atoms with E-state index in [1.165, 1.54) is 18.4 Å². The molecule has 1 saturated heterocycles. The molecule has 1 heterocycles. The molecule has 168 valence electrons. The van der Waals surface area contributed by atoms with Crippen LogP contribution in [0.1, 0.15) is 57.9 Å². The first kappa shape index (κ1) is 23.2. The van der Waals surface area contributed by atoms with Gasteiger partial charge in [-0.3, -0.25) is 9.32 Å². The molecule has 1 aliphatic heterocycles. The van der Waals surface area contributed by atoms with Crippen LogP contribution in [-0.2, 0) is 28.1 Å². The van der Waals surface area contributed by atoms with Gasteiger partial charge in [0, 0.05) is 0 Å². The summed E-state index contributed by atoms with van der Waals surface area (Å²) in [5.74, 6) is 0.487. The maximum absolute atomic E-state index is 13.4. The molecule has 1 aromatic rings. The van der Waals surface area contributed by atoms with Crippen molar-refractivity contribution < 1.29 is 32.6 Å². The minimum absolute atomic E-state index is 0.0849. The minimum atomic E-state index is -3.90. The maximum Gasteiger partial charge on any atom is 0.459 e. The molecule has 1 aliphatic carbocycles. The number of ether oxygens (including phenoxy) is 3. The summed E-state index contributed by atoms with van der Waals surface area (Å²) in [6.45, 7) is 6.23. The van der Waals surface area contributed by atoms with Gasteiger partial charge in [0.25, 0.3) is 0 Å². The average molecular weight is 441 g/mol. The number of hydrogen-bond donors (Lipinski definition) is 1. The molecule has 3 rings (SSSR count). The van der Waals surface area contributed by atoms with E-state index >= 15 is 0 Å². The molecule has 0 aromatic heterocycles. The molecule has 30 heavy (non-hydrogen) atoms. The average Bonchev–Trinajstić information content (AvgIpc) is 3.42. The van der Waals surface area contributed by atoms with Crippen molar-refractivity contribution in [1.29, 1.82) is 0 Å². The van der Waals surface area contributed by atoms with Gasteiger partial charge in [-0.2, -0.15) is 5.09 Å². The van der Waals surface area contributed by atoms with Gasteiger partial charge in [0.2, 0.25) is 0 Å². The summed E-state index contributed by atoms with van der Waals surface area (Å²) < 4.78 is 40.7. The monoisotopic (exact) mass is 441 g/mol. The van der Waals surface area contributed by atoms with Crippen molar-refractivity contribution in [3.05, 3.63) is 29.8 Å². The maximum atomic E-state index is 13.4. The van der Waals surface area contributed by atoms with Crippen LogP contribution < -0.4 is 9.61 Å². The fraction of sp³-hybridized carbons (Fsp3) is 0.667. The quantitative estimate of drug-likeness (QED) is 0.382. The molecule has 0 amide bonds. The lowest BCUT2D eigenvalue weighted by Crippen LogP contribution is -2.37. The van der Waals surface area contributed by atoms with Gasteiger partial charge in [-0.1, -0.05) is 25.5 Å². The molecule has 1 aromatic carbocycles. The second-order valence-corrected chi connectivity index (χ2v) is 9.48. The first-order chi connectivity index (χ1) is 14.4. The van der Waals surface area contributed by atoms with Gasteiger partial charge in [0.05, 0.1) is 19.3 Å². The standard InChI is InChI=1S/C21H32NO7P/c1-4-5-15(2)28-21(23)16(3)22-30(24,27-14-20-25-12-13-26-20)29-19-10-8-18(9-11-19)17-6-7-17/h8-11,15-17,20H,4-7,12-14H2,1-3H3,(H,22,24)/t15-,16-,30?/m0/s1. The second-order valence-electron chi connectivity index (χ2n) is 7.79. The fourth-order valence-electron chi connectivity index (χ4n) is 3.16. The van der Waals surface area contributed by atoms with Crippen molar-refractivity contribution in [2.75, 3.05) is 19.8 Å². The van der Waals surface area contributed by atoms with Gasteiger partial charge < -0.3 is 18.7 Å². The highest BCUT2D eigenvalue weighted by molar-refractivity contribution is 7.52. The third kappa shape index (κ3) is 7.06. The van der Waals surface area contributed by atoms with E-state index in [0.717, 1.165) is 12.8 Å². The molecule has 3 atom stereocenters. The van der Waals surface area contributed by atoms with E-state index in [0.29, 0.717) is 24.9 Å². The highest BCUT2D eigenvalue weighted by Crippen LogP contribution is 2.46. The van der Waals surface area contributed by atoms with Crippen LogP contribution in [-0.4, -0.2) is 44.2 Å². The van der Waals surface area contributed by atoms with E-state index in [4.69, 9.17) is 23.3 Å². The topological polar surface area (TPSA) is 92.3 Å². The van der Waals surface area contributed by atoms with E-state index in [1.54, 1.807) is 19.1 Å². The van der Waals surface area contributed by atoms with Crippen molar-refractivity contribution in [3.63, 3.8) is 0 Å². The largest absolute Gasteiger partial charge is 0.462 e. The van der Waals surface area contributed by atoms with Crippen LogP contribution in [0.5, 0.6) is 5.75 Å². The first-order valence-electron chi connectivity index (χ1n) is 10.6. The molecule has 2 aliphatic rings. The van der Waals surface area contributed by atoms with Crippen molar-refractivity contribution in [2.45, 2.75) is 70.8 Å². The van der Waals surface area contributed by atoms with Crippen LogP contribution in [0.3, 0.4) is 0 Å². The molecule has 0 radical (unpaired) electrons. The number of rotatable bonds is 12. The number of carbonyl (C=O) groups excluding carboxylic acids is 1. The Morgan fingerprint density at radius 2 is 1.87 bits per heavy atom. The van der Waals surface area contributed by atoms with Crippen LogP contribution in [0.2, 0.25) is 0 Å². The SMILES string of the molecule is CCC[C@H](C)OC(=O)[C@H](C)NP(=O)(OCC1OCCO1)Oc1ccc(C2CC2)cc1. The Labute approximate surface area is 178 Å². The molecule has 0 spiro atoms. The predicted octanol–water partition coefficient (Wildman–Crippen LogP) is 4.15. The zero-order valence-electron chi connectivity index (χ0n) is 17.9. The summed E-state index contributed by atoms with van der Waals surface area (Å²) in [5, 5.41) is 2.69. The number of esters is 1. The van der Waals surface area contributed by atoms with E-state index < -0.39 is 26.0 Å². The number of benzene rings is 1. The van der Waals surface area contributed by atoms with Crippen LogP contribution >= 0.6 is 7.75 Å². The third-order valence-electron chi connectivity index (χ3n) is 4.94. The van der Waals surface area contributed by atoms with E-state index in [9.17, 15) is 9.36 Å². The van der Waals surface area contributed by atoms with Crippen LogP contribution in [0, 0.1) is 0 Å². The van der Waals surface area contributed by atoms with Gasteiger partial charge in [-0.15, -0.1) is 0 Å². The predicted molar refractivity (Wildman–Crippen MR) is 111 cm³/mol. The van der Waals surface area contributed by atoms with Gasteiger partial charge in [-0.05, 0) is 56.7 Å². The summed E-state index contributed by atoms with van der Waals surface area (Å²) >= 11 is 0. The Morgan fingerprint density at radius 1 is 1.20 bits per heavy atom. The van der Waals surface area contributed by atoms with E-state index in [2.05, 4.69) is 5.09 Å². The summed E-state index contributed by atoms with van der Waals surface area (Å²) in [7, 11) is -3.90. The second kappa shape index (κ2) is 10.7. The van der Waals surface area contributed by atoms with E-state index in [1.807, 2.05) is 26.0 Å². The zero-order valence-corrected chi connectivity index (χ0v) is 18.8. The molecule has 2 fully saturated rings. The number of carbonyl (C=O) groups is 1. The first-order valence-corrected chi connectivity index (χ1v) is 12.2. The van der Waals surface area contributed by atoms with Gasteiger partial charge >= 0.3 is 13.7 Å². The summed E-state index contributed by atoms with van der Waals surface area (Å²) in [6, 6.07) is 6.57. The van der Waals surface area contributed by atoms with Crippen LogP contribution in [0.4, 0.5) is 0 Å². The molecule has 1 saturated carbocycles. The molecule has 1 N–H and O–H groups in total. The van der Waals surface area contributed by atoms with Crippen molar-refractivity contribution >= 4 is 13.7 Å². The Bertz CT molecular complexity index is 731. The normalized spacial score (nSPS) is 21.0. The fourth-order valence-corrected chi connectivity index (χ4v) is 4.64. The lowest BCUT2D eigenvalue weighted by molar-refractivity contribution is -0.150. The molecule has 0 bridgehead atoms. The number of hydrogen-bond acceptors (Lipinski definition) is 7. The Morgan fingerprint density at radius 3 is 2.47 bits per heavy atom. The van der Waals surface area contributed by atoms with Crippen molar-refractivity contribution in [2.24, 2.45) is 0 Å². The van der Waals surface area contributed by atoms with Gasteiger partial charge in [-0.25, -0.2) is 4.57 Å². The van der Waals surface area contributed by atoms with Crippen LogP contribution in [0.15, 0.2) is 24.3 Å². The number of nitrogens with one attached hydrogen (secondary N) is 1. The smallest absolute Gasteiger partial charge is 0.459 e. The van der Waals surface area contributed by atoms with Crippen LogP contribution in [0.25, 0.3) is 0 Å². The molecule has 9 heteroatoms. The van der Waals surface area contributed by atoms with Gasteiger partial charge in [0.1, 0.15) is 18.4 Å². The lowest BCUT2D eigenvalue weighted by Gasteiger charge is -2.24. The van der Waals surface area contributed by atoms with Crippen molar-refractivity contribution in [3.8, 4) is 5.75 Å². The molecule has 8 nitrogen and oxygen atoms in total. The van der Waals surface area contributed by atoms with Gasteiger partial charge in [0.15, 0.2) is 6.29 Å². The van der Waals surface area contributed by atoms with E-state index in [-0.39, 0.29) is 12.7 Å². The summed E-state index contributed by atoms with van der Waals surface area (Å²) in [5.41, 5.74) is 1.24.